The molecular formula is C43H75NO7. The van der Waals surface area contributed by atoms with E-state index in [4.69, 9.17) is 18.9 Å². The summed E-state index contributed by atoms with van der Waals surface area (Å²) >= 11 is 0. The Morgan fingerprint density at radius 1 is 0.686 bits per heavy atom. The maximum atomic E-state index is 13.2. The lowest BCUT2D eigenvalue weighted by Crippen LogP contribution is -2.41. The molecule has 1 heterocycles. The number of likely N-dealkylation sites (tertiary alicyclic amines) is 1. The number of carbonyl (C=O) groups excluding carboxylic acids is 3. The number of nitrogens with zero attached hydrogens (tertiary/aromatic N) is 1. The third kappa shape index (κ3) is 19.5. The molecule has 1 saturated heterocycles. The molecule has 5 atom stereocenters. The maximum Gasteiger partial charge on any atom is 0.508 e. The molecule has 3 rings (SSSR count). The van der Waals surface area contributed by atoms with Crippen LogP contribution in [0.3, 0.4) is 0 Å². The van der Waals surface area contributed by atoms with Crippen LogP contribution in [0.15, 0.2) is 12.2 Å². The van der Waals surface area contributed by atoms with E-state index < -0.39 is 12.1 Å². The Labute approximate surface area is 311 Å². The molecule has 0 spiro atoms. The molecule has 0 radical (unpaired) electrons. The Bertz CT molecular complexity index is 973. The van der Waals surface area contributed by atoms with Gasteiger partial charge in [0.1, 0.15) is 19.8 Å². The van der Waals surface area contributed by atoms with Crippen LogP contribution in [0, 0.1) is 29.1 Å². The summed E-state index contributed by atoms with van der Waals surface area (Å²) < 4.78 is 22.1. The number of carbonyl (C=O) groups is 3. The van der Waals surface area contributed by atoms with Gasteiger partial charge >= 0.3 is 18.1 Å². The van der Waals surface area contributed by atoms with Gasteiger partial charge in [0, 0.05) is 13.0 Å². The SMILES string of the molecule is CCCCCCCC/C=C/CCCCCCCC(=O)OCC(COC(=O)CC12C[C@H](C)C[C@H](C[C@H](C)C1)C2)COC(=O)OCCCN1CCCC1. The van der Waals surface area contributed by atoms with Crippen molar-refractivity contribution >= 4 is 18.1 Å². The van der Waals surface area contributed by atoms with E-state index in [1.54, 1.807) is 0 Å². The first kappa shape index (κ1) is 43.3. The van der Waals surface area contributed by atoms with Gasteiger partial charge in [-0.3, -0.25) is 9.59 Å². The summed E-state index contributed by atoms with van der Waals surface area (Å²) in [6.45, 7) is 10.4. The second-order valence-electron chi connectivity index (χ2n) is 16.7. The Hall–Kier alpha value is -2.09. The lowest BCUT2D eigenvalue weighted by molar-refractivity contribution is -0.153. The number of fused-ring (bicyclic) bond motifs is 2. The number of esters is 2. The van der Waals surface area contributed by atoms with Gasteiger partial charge in [-0.1, -0.05) is 84.3 Å². The Morgan fingerprint density at radius 2 is 1.25 bits per heavy atom. The van der Waals surface area contributed by atoms with E-state index in [1.165, 1.54) is 83.5 Å². The highest BCUT2D eigenvalue weighted by atomic mass is 16.7. The van der Waals surface area contributed by atoms with Crippen LogP contribution in [0.5, 0.6) is 0 Å². The highest BCUT2D eigenvalue weighted by molar-refractivity contribution is 5.70. The van der Waals surface area contributed by atoms with Gasteiger partial charge in [-0.25, -0.2) is 4.79 Å². The molecule has 2 bridgehead atoms. The minimum absolute atomic E-state index is 0.0262. The largest absolute Gasteiger partial charge is 0.508 e. The fourth-order valence-electron chi connectivity index (χ4n) is 9.14. The van der Waals surface area contributed by atoms with Crippen molar-refractivity contribution in [2.75, 3.05) is 46.1 Å². The molecule has 0 aromatic carbocycles. The summed E-state index contributed by atoms with van der Waals surface area (Å²) in [5.41, 5.74) is 0.0262. The topological polar surface area (TPSA) is 91.4 Å². The standard InChI is InChI=1S/C43H75NO7/c1-4-5-6-7-8-9-10-11-12-13-14-15-16-17-18-22-40(45)49-33-39(35-51-42(47)48-26-21-25-44-23-19-20-24-44)34-50-41(46)32-43-29-36(2)27-38(31-43)28-37(3)30-43/h11-12,36-39H,4-10,13-35H2,1-3H3/b12-11+/t36-,37+,38-,39?,43?. The summed E-state index contributed by atoms with van der Waals surface area (Å²) in [5, 5.41) is 0. The molecule has 2 unspecified atom stereocenters. The van der Waals surface area contributed by atoms with Crippen LogP contribution in [-0.4, -0.2) is 69.1 Å². The van der Waals surface area contributed by atoms with Crippen molar-refractivity contribution in [1.29, 1.82) is 0 Å². The van der Waals surface area contributed by atoms with Gasteiger partial charge in [0.25, 0.3) is 0 Å². The van der Waals surface area contributed by atoms with Crippen LogP contribution in [0.25, 0.3) is 0 Å². The summed E-state index contributed by atoms with van der Waals surface area (Å²) in [4.78, 5) is 40.5. The van der Waals surface area contributed by atoms with Crippen molar-refractivity contribution in [3.63, 3.8) is 0 Å². The molecule has 0 aromatic rings. The lowest BCUT2D eigenvalue weighted by atomic mass is 9.56. The first-order valence-electron chi connectivity index (χ1n) is 21.2. The highest BCUT2D eigenvalue weighted by Gasteiger charge is 2.45. The third-order valence-corrected chi connectivity index (χ3v) is 11.4. The molecule has 1 aliphatic heterocycles. The van der Waals surface area contributed by atoms with Crippen molar-refractivity contribution in [2.45, 2.75) is 168 Å². The van der Waals surface area contributed by atoms with E-state index in [0.717, 1.165) is 71.0 Å². The Balaban J connectivity index is 1.32. The summed E-state index contributed by atoms with van der Waals surface area (Å²) in [5.74, 6) is 1.07. The van der Waals surface area contributed by atoms with Crippen LogP contribution in [-0.2, 0) is 28.5 Å². The monoisotopic (exact) mass is 718 g/mol. The van der Waals surface area contributed by atoms with Crippen LogP contribution in [0.2, 0.25) is 0 Å². The zero-order chi connectivity index (χ0) is 36.6. The smallest absolute Gasteiger partial charge is 0.465 e. The molecule has 3 aliphatic rings. The summed E-state index contributed by atoms with van der Waals surface area (Å²) in [6.07, 6.45) is 29.5. The van der Waals surface area contributed by atoms with Gasteiger partial charge in [-0.15, -0.1) is 0 Å². The second kappa shape index (κ2) is 25.8. The van der Waals surface area contributed by atoms with Crippen LogP contribution >= 0.6 is 0 Å². The van der Waals surface area contributed by atoms with Gasteiger partial charge in [0.05, 0.1) is 18.9 Å². The van der Waals surface area contributed by atoms with E-state index in [9.17, 15) is 14.4 Å². The molecule has 2 aliphatic carbocycles. The Morgan fingerprint density at radius 3 is 1.90 bits per heavy atom. The van der Waals surface area contributed by atoms with Crippen molar-refractivity contribution in [3.8, 4) is 0 Å². The van der Waals surface area contributed by atoms with Crippen molar-refractivity contribution < 1.29 is 33.3 Å². The number of rotatable bonds is 27. The quantitative estimate of drug-likeness (QED) is 0.0359. The molecule has 3 fully saturated rings. The molecule has 294 valence electrons. The first-order valence-corrected chi connectivity index (χ1v) is 21.2. The van der Waals surface area contributed by atoms with Crippen LogP contribution < -0.4 is 0 Å². The molecule has 2 saturated carbocycles. The zero-order valence-electron chi connectivity index (χ0n) is 33.0. The van der Waals surface area contributed by atoms with E-state index in [0.29, 0.717) is 37.2 Å². The predicted octanol–water partition coefficient (Wildman–Crippen LogP) is 10.6. The van der Waals surface area contributed by atoms with Gasteiger partial charge in [-0.05, 0) is 120 Å². The minimum Gasteiger partial charge on any atom is -0.465 e. The van der Waals surface area contributed by atoms with E-state index >= 15 is 0 Å². The maximum absolute atomic E-state index is 13.2. The average Bonchev–Trinajstić information content (AvgIpc) is 3.61. The molecule has 8 nitrogen and oxygen atoms in total. The summed E-state index contributed by atoms with van der Waals surface area (Å²) in [7, 11) is 0. The second-order valence-corrected chi connectivity index (χ2v) is 16.7. The fourth-order valence-corrected chi connectivity index (χ4v) is 9.14. The molecular weight excluding hydrogens is 642 g/mol. The molecule has 0 aromatic heterocycles. The lowest BCUT2D eigenvalue weighted by Gasteiger charge is -2.49. The van der Waals surface area contributed by atoms with Crippen molar-refractivity contribution in [1.82, 2.24) is 4.90 Å². The van der Waals surface area contributed by atoms with E-state index in [1.807, 2.05) is 0 Å². The van der Waals surface area contributed by atoms with Crippen molar-refractivity contribution in [3.05, 3.63) is 12.2 Å². The normalized spacial score (nSPS) is 24.0. The van der Waals surface area contributed by atoms with Crippen molar-refractivity contribution in [2.24, 2.45) is 29.1 Å². The van der Waals surface area contributed by atoms with Gasteiger partial charge in [0.2, 0.25) is 0 Å². The van der Waals surface area contributed by atoms with Crippen LogP contribution in [0.4, 0.5) is 4.79 Å². The number of unbranched alkanes of at least 4 members (excludes halogenated alkanes) is 11. The van der Waals surface area contributed by atoms with Gasteiger partial charge in [0.15, 0.2) is 0 Å². The first-order chi connectivity index (χ1) is 24.8. The third-order valence-electron chi connectivity index (χ3n) is 11.4. The fraction of sp³-hybridized carbons (Fsp3) is 0.884. The molecule has 8 heteroatoms. The minimum atomic E-state index is -0.732. The Kier molecular flexibility index (Phi) is 21.9. The number of ether oxygens (including phenoxy) is 4. The van der Waals surface area contributed by atoms with E-state index in [-0.39, 0.29) is 37.2 Å². The van der Waals surface area contributed by atoms with Gasteiger partial charge in [-0.2, -0.15) is 0 Å². The molecule has 0 amide bonds. The zero-order valence-corrected chi connectivity index (χ0v) is 33.0. The van der Waals surface area contributed by atoms with E-state index in [2.05, 4.69) is 37.8 Å². The summed E-state index contributed by atoms with van der Waals surface area (Å²) in [6, 6.07) is 0. The number of hydrogen-bond acceptors (Lipinski definition) is 8. The van der Waals surface area contributed by atoms with Gasteiger partial charge < -0.3 is 23.8 Å². The predicted molar refractivity (Wildman–Crippen MR) is 204 cm³/mol. The molecule has 51 heavy (non-hydrogen) atoms. The van der Waals surface area contributed by atoms with Crippen LogP contribution in [0.1, 0.15) is 168 Å². The number of hydrogen-bond donors (Lipinski definition) is 0. The highest BCUT2D eigenvalue weighted by Crippen LogP contribution is 2.54. The molecule has 0 N–H and O–H groups in total. The number of allylic oxidation sites excluding steroid dienone is 2. The average molecular weight is 718 g/mol.